The molecule has 1 saturated heterocycles. The summed E-state index contributed by atoms with van der Waals surface area (Å²) in [4.78, 5) is 24.7. The van der Waals surface area contributed by atoms with Crippen LogP contribution in [0, 0.1) is 17.5 Å². The standard InChI is InChI=1S/C18H18F3NO3/c1-2-4-16(23)22-12(7-8-17(24)25)5-3-6-15(22)11-9-13(19)18(21)14(20)10-11/h2,7-10,12,15H,1,3-6H2,(H,24,25)/t12-,15+/m1/s1. The van der Waals surface area contributed by atoms with Gasteiger partial charge in [0.2, 0.25) is 5.91 Å². The molecule has 1 fully saturated rings. The number of benzene rings is 1. The molecule has 25 heavy (non-hydrogen) atoms. The number of nitrogens with zero attached hydrogens (tertiary/aromatic N) is 1. The Hall–Kier alpha value is -2.57. The molecule has 1 aromatic rings. The first kappa shape index (κ1) is 18.8. The van der Waals surface area contributed by atoms with Crippen molar-refractivity contribution in [3.63, 3.8) is 0 Å². The molecule has 1 aliphatic heterocycles. The number of likely N-dealkylation sites (tertiary alicyclic amines) is 1. The third-order valence-corrected chi connectivity index (χ3v) is 4.13. The lowest BCUT2D eigenvalue weighted by atomic mass is 9.90. The fourth-order valence-electron chi connectivity index (χ4n) is 3.09. The zero-order valence-electron chi connectivity index (χ0n) is 13.4. The Balaban J connectivity index is 2.44. The normalized spacial score (nSPS) is 20.7. The quantitative estimate of drug-likeness (QED) is 0.498. The molecular weight excluding hydrogens is 335 g/mol. The summed E-state index contributed by atoms with van der Waals surface area (Å²) in [6.45, 7) is 3.50. The highest BCUT2D eigenvalue weighted by Crippen LogP contribution is 2.36. The summed E-state index contributed by atoms with van der Waals surface area (Å²) < 4.78 is 40.4. The maximum absolute atomic E-state index is 13.6. The molecule has 134 valence electrons. The number of halogens is 3. The first-order chi connectivity index (χ1) is 11.8. The SMILES string of the molecule is C=CCC(=O)N1[C@@H](C=CC(=O)O)CCC[C@H]1c1cc(F)c(F)c(F)c1. The lowest BCUT2D eigenvalue weighted by Gasteiger charge is -2.41. The first-order valence-electron chi connectivity index (χ1n) is 7.82. The van der Waals surface area contributed by atoms with E-state index in [4.69, 9.17) is 5.11 Å². The number of carboxylic acids is 1. The van der Waals surface area contributed by atoms with Crippen molar-refractivity contribution < 1.29 is 27.9 Å². The van der Waals surface area contributed by atoms with E-state index in [2.05, 4.69) is 6.58 Å². The second-order valence-corrected chi connectivity index (χ2v) is 5.80. The summed E-state index contributed by atoms with van der Waals surface area (Å²) in [5.74, 6) is -5.71. The Labute approximate surface area is 143 Å². The van der Waals surface area contributed by atoms with Crippen molar-refractivity contribution >= 4 is 11.9 Å². The Kier molecular flexibility index (Phi) is 6.01. The molecule has 0 unspecified atom stereocenters. The molecule has 1 heterocycles. The number of carboxylic acid groups (broad SMARTS) is 1. The Morgan fingerprint density at radius 1 is 1.24 bits per heavy atom. The van der Waals surface area contributed by atoms with Gasteiger partial charge in [0.1, 0.15) is 0 Å². The van der Waals surface area contributed by atoms with Crippen LogP contribution in [0.2, 0.25) is 0 Å². The Morgan fingerprint density at radius 3 is 2.44 bits per heavy atom. The molecule has 0 radical (unpaired) electrons. The third kappa shape index (κ3) is 4.29. The third-order valence-electron chi connectivity index (χ3n) is 4.13. The smallest absolute Gasteiger partial charge is 0.328 e. The van der Waals surface area contributed by atoms with Crippen LogP contribution in [0.4, 0.5) is 13.2 Å². The Bertz CT molecular complexity index is 695. The minimum absolute atomic E-state index is 0.0000698. The number of hydrogen-bond acceptors (Lipinski definition) is 2. The minimum Gasteiger partial charge on any atom is -0.478 e. The van der Waals surface area contributed by atoms with Gasteiger partial charge in [-0.05, 0) is 37.0 Å². The lowest BCUT2D eigenvalue weighted by Crippen LogP contribution is -2.44. The average molecular weight is 353 g/mol. The van der Waals surface area contributed by atoms with E-state index in [1.54, 1.807) is 0 Å². The van der Waals surface area contributed by atoms with Crippen molar-refractivity contribution in [2.45, 2.75) is 37.8 Å². The van der Waals surface area contributed by atoms with E-state index >= 15 is 0 Å². The van der Waals surface area contributed by atoms with Crippen LogP contribution in [0.3, 0.4) is 0 Å². The molecule has 0 aliphatic carbocycles. The molecule has 4 nitrogen and oxygen atoms in total. The van der Waals surface area contributed by atoms with Crippen molar-refractivity contribution in [1.29, 1.82) is 0 Å². The van der Waals surface area contributed by atoms with E-state index in [1.165, 1.54) is 17.1 Å². The second kappa shape index (κ2) is 8.00. The van der Waals surface area contributed by atoms with E-state index in [0.29, 0.717) is 19.3 Å². The molecule has 0 aromatic heterocycles. The van der Waals surface area contributed by atoms with Gasteiger partial charge in [-0.15, -0.1) is 6.58 Å². The summed E-state index contributed by atoms with van der Waals surface area (Å²) in [6.07, 6.45) is 5.30. The van der Waals surface area contributed by atoms with E-state index in [1.807, 2.05) is 0 Å². The van der Waals surface area contributed by atoms with Gasteiger partial charge in [-0.1, -0.05) is 12.2 Å². The summed E-state index contributed by atoms with van der Waals surface area (Å²) in [6, 6.07) is 0.550. The zero-order valence-corrected chi connectivity index (χ0v) is 13.4. The fourth-order valence-corrected chi connectivity index (χ4v) is 3.09. The van der Waals surface area contributed by atoms with Gasteiger partial charge in [-0.25, -0.2) is 18.0 Å². The number of amides is 1. The molecule has 1 aromatic carbocycles. The van der Waals surface area contributed by atoms with E-state index < -0.39 is 35.5 Å². The molecule has 2 atom stereocenters. The largest absolute Gasteiger partial charge is 0.478 e. The maximum atomic E-state index is 13.6. The molecule has 7 heteroatoms. The van der Waals surface area contributed by atoms with Gasteiger partial charge in [0.25, 0.3) is 0 Å². The summed E-state index contributed by atoms with van der Waals surface area (Å²) >= 11 is 0. The van der Waals surface area contributed by atoms with Crippen LogP contribution in [0.15, 0.2) is 36.9 Å². The van der Waals surface area contributed by atoms with Gasteiger partial charge in [-0.3, -0.25) is 4.79 Å². The zero-order chi connectivity index (χ0) is 18.6. The van der Waals surface area contributed by atoms with E-state index in [0.717, 1.165) is 18.2 Å². The molecule has 0 saturated carbocycles. The van der Waals surface area contributed by atoms with Crippen LogP contribution in [0.5, 0.6) is 0 Å². The minimum atomic E-state index is -1.56. The lowest BCUT2D eigenvalue weighted by molar-refractivity contribution is -0.136. The van der Waals surface area contributed by atoms with Crippen molar-refractivity contribution in [3.05, 3.63) is 60.0 Å². The molecule has 1 amide bonds. The van der Waals surface area contributed by atoms with Gasteiger partial charge >= 0.3 is 5.97 Å². The van der Waals surface area contributed by atoms with Gasteiger partial charge < -0.3 is 10.0 Å². The number of rotatable bonds is 5. The monoisotopic (exact) mass is 353 g/mol. The maximum Gasteiger partial charge on any atom is 0.328 e. The molecule has 0 spiro atoms. The predicted molar refractivity (Wildman–Crippen MR) is 85.1 cm³/mol. The van der Waals surface area contributed by atoms with Gasteiger partial charge in [-0.2, -0.15) is 0 Å². The number of hydrogen-bond donors (Lipinski definition) is 1. The van der Waals surface area contributed by atoms with Crippen molar-refractivity contribution in [2.75, 3.05) is 0 Å². The van der Waals surface area contributed by atoms with Crippen molar-refractivity contribution in [1.82, 2.24) is 4.90 Å². The summed E-state index contributed by atoms with van der Waals surface area (Å²) in [5, 5.41) is 8.81. The molecule has 2 rings (SSSR count). The van der Waals surface area contributed by atoms with Gasteiger partial charge in [0.15, 0.2) is 17.5 Å². The number of aliphatic carboxylic acids is 1. The summed E-state index contributed by atoms with van der Waals surface area (Å²) in [7, 11) is 0. The van der Waals surface area contributed by atoms with Crippen molar-refractivity contribution in [2.24, 2.45) is 0 Å². The van der Waals surface area contributed by atoms with Gasteiger partial charge in [0, 0.05) is 12.5 Å². The number of piperidine rings is 1. The molecule has 0 bridgehead atoms. The second-order valence-electron chi connectivity index (χ2n) is 5.80. The number of carbonyl (C=O) groups is 2. The summed E-state index contributed by atoms with van der Waals surface area (Å²) in [5.41, 5.74) is 0.141. The Morgan fingerprint density at radius 2 is 1.88 bits per heavy atom. The molecule has 1 N–H and O–H groups in total. The average Bonchev–Trinajstić information content (AvgIpc) is 2.57. The fraction of sp³-hybridized carbons (Fsp3) is 0.333. The highest BCUT2D eigenvalue weighted by atomic mass is 19.2. The van der Waals surface area contributed by atoms with Crippen LogP contribution in [-0.2, 0) is 9.59 Å². The van der Waals surface area contributed by atoms with Crippen LogP contribution < -0.4 is 0 Å². The molecular formula is C18H18F3NO3. The topological polar surface area (TPSA) is 57.6 Å². The van der Waals surface area contributed by atoms with Crippen molar-refractivity contribution in [3.8, 4) is 0 Å². The number of carbonyl (C=O) groups excluding carboxylic acids is 1. The van der Waals surface area contributed by atoms with Gasteiger partial charge in [0.05, 0.1) is 12.1 Å². The first-order valence-corrected chi connectivity index (χ1v) is 7.82. The van der Waals surface area contributed by atoms with E-state index in [-0.39, 0.29) is 17.9 Å². The highest BCUT2D eigenvalue weighted by molar-refractivity contribution is 5.81. The van der Waals surface area contributed by atoms with Crippen LogP contribution >= 0.6 is 0 Å². The van der Waals surface area contributed by atoms with E-state index in [9.17, 15) is 22.8 Å². The predicted octanol–water partition coefficient (Wildman–Crippen LogP) is 3.74. The van der Waals surface area contributed by atoms with Crippen LogP contribution in [0.1, 0.15) is 37.3 Å². The molecule has 1 aliphatic rings. The van der Waals surface area contributed by atoms with Crippen LogP contribution in [-0.4, -0.2) is 27.9 Å². The van der Waals surface area contributed by atoms with Crippen LogP contribution in [0.25, 0.3) is 0 Å². The highest BCUT2D eigenvalue weighted by Gasteiger charge is 2.34.